The Kier molecular flexibility index (Phi) is 6.05. The molecular formula is C25H27FNO2+. The van der Waals surface area contributed by atoms with Crippen molar-refractivity contribution in [3.05, 3.63) is 107 Å². The second kappa shape index (κ2) is 8.87. The van der Waals surface area contributed by atoms with Crippen molar-refractivity contribution >= 4 is 0 Å². The van der Waals surface area contributed by atoms with Crippen molar-refractivity contribution in [2.45, 2.75) is 11.5 Å². The Hall–Kier alpha value is -2.53. The molecule has 0 aromatic heterocycles. The van der Waals surface area contributed by atoms with Crippen LogP contribution in [0.1, 0.15) is 22.6 Å². The van der Waals surface area contributed by atoms with Gasteiger partial charge in [0.2, 0.25) is 0 Å². The molecule has 2 N–H and O–H groups in total. The Labute approximate surface area is 171 Å². The maximum absolute atomic E-state index is 13.7. The first kappa shape index (κ1) is 19.8. The zero-order valence-electron chi connectivity index (χ0n) is 16.4. The molecular weight excluding hydrogens is 365 g/mol. The Bertz CT molecular complexity index is 895. The summed E-state index contributed by atoms with van der Waals surface area (Å²) >= 11 is 0. The Morgan fingerprint density at radius 2 is 1.38 bits per heavy atom. The summed E-state index contributed by atoms with van der Waals surface area (Å²) in [5.74, 6) is -0.496. The summed E-state index contributed by atoms with van der Waals surface area (Å²) in [6, 6.07) is 26.1. The number of quaternary nitrogens is 1. The Balaban J connectivity index is 1.84. The van der Waals surface area contributed by atoms with Gasteiger partial charge >= 0.3 is 0 Å². The van der Waals surface area contributed by atoms with Crippen LogP contribution in [0.15, 0.2) is 84.9 Å². The van der Waals surface area contributed by atoms with Crippen LogP contribution in [0.3, 0.4) is 0 Å². The topological polar surface area (TPSA) is 33.9 Å². The van der Waals surface area contributed by atoms with Gasteiger partial charge in [0, 0.05) is 0 Å². The van der Waals surface area contributed by atoms with E-state index < -0.39 is 5.60 Å². The van der Waals surface area contributed by atoms with Gasteiger partial charge in [-0.1, -0.05) is 72.8 Å². The third kappa shape index (κ3) is 4.25. The minimum Gasteiger partial charge on any atom is -0.380 e. The molecule has 0 amide bonds. The predicted octanol–water partition coefficient (Wildman–Crippen LogP) is 2.76. The molecule has 0 aliphatic carbocycles. The summed E-state index contributed by atoms with van der Waals surface area (Å²) in [5.41, 5.74) is 1.31. The molecule has 4 heteroatoms. The average molecular weight is 392 g/mol. The lowest BCUT2D eigenvalue weighted by Crippen LogP contribution is -3.14. The van der Waals surface area contributed by atoms with Crippen molar-refractivity contribution in [3.63, 3.8) is 0 Å². The maximum atomic E-state index is 13.7. The first-order valence-electron chi connectivity index (χ1n) is 10.2. The van der Waals surface area contributed by atoms with Gasteiger partial charge in [0.15, 0.2) is 0 Å². The second-order valence-electron chi connectivity index (χ2n) is 7.67. The number of benzene rings is 3. The molecule has 3 aromatic carbocycles. The van der Waals surface area contributed by atoms with Gasteiger partial charge in [0.25, 0.3) is 0 Å². The minimum atomic E-state index is -1.28. The van der Waals surface area contributed by atoms with E-state index in [9.17, 15) is 9.50 Å². The van der Waals surface area contributed by atoms with Crippen LogP contribution < -0.4 is 4.90 Å². The number of ether oxygens (including phenoxy) is 1. The molecule has 29 heavy (non-hydrogen) atoms. The van der Waals surface area contributed by atoms with Crippen LogP contribution >= 0.6 is 0 Å². The predicted molar refractivity (Wildman–Crippen MR) is 111 cm³/mol. The Morgan fingerprint density at radius 3 is 2.00 bits per heavy atom. The molecule has 4 rings (SSSR count). The van der Waals surface area contributed by atoms with Crippen molar-refractivity contribution in [1.82, 2.24) is 0 Å². The van der Waals surface area contributed by atoms with Gasteiger partial charge in [-0.2, -0.15) is 0 Å². The number of halogens is 1. The van der Waals surface area contributed by atoms with Gasteiger partial charge in [-0.05, 0) is 28.8 Å². The molecule has 1 heterocycles. The first-order chi connectivity index (χ1) is 14.2. The molecule has 0 bridgehead atoms. The van der Waals surface area contributed by atoms with E-state index in [2.05, 4.69) is 12.1 Å². The van der Waals surface area contributed by atoms with Crippen LogP contribution in [0.2, 0.25) is 0 Å². The highest BCUT2D eigenvalue weighted by Crippen LogP contribution is 2.42. The van der Waals surface area contributed by atoms with E-state index >= 15 is 0 Å². The minimum absolute atomic E-state index is 0.190. The standard InChI is InChI=1S/C25H26FNO2/c26-23-13-11-22(12-14-23)25(28,21-9-5-2-6-10-21)24(20-7-3-1-4-8-20)19-27-15-17-29-18-16-27/h1-14,24,28H,15-19H2/p+1/t24-,25-/m0/s1. The van der Waals surface area contributed by atoms with Crippen LogP contribution in [-0.4, -0.2) is 38.0 Å². The van der Waals surface area contributed by atoms with E-state index in [4.69, 9.17) is 4.74 Å². The zero-order valence-corrected chi connectivity index (χ0v) is 16.4. The first-order valence-corrected chi connectivity index (χ1v) is 10.2. The molecule has 2 atom stereocenters. The molecule has 150 valence electrons. The van der Waals surface area contributed by atoms with E-state index in [1.807, 2.05) is 48.5 Å². The molecule has 0 spiro atoms. The quantitative estimate of drug-likeness (QED) is 0.677. The summed E-state index contributed by atoms with van der Waals surface area (Å²) < 4.78 is 19.2. The summed E-state index contributed by atoms with van der Waals surface area (Å²) in [6.07, 6.45) is 0. The highest BCUT2D eigenvalue weighted by atomic mass is 19.1. The highest BCUT2D eigenvalue weighted by Gasteiger charge is 2.43. The van der Waals surface area contributed by atoms with Gasteiger partial charge in [0.05, 0.1) is 25.7 Å². The molecule has 3 aromatic rings. The average Bonchev–Trinajstić information content (AvgIpc) is 2.79. The van der Waals surface area contributed by atoms with Crippen LogP contribution in [0, 0.1) is 5.82 Å². The zero-order chi connectivity index (χ0) is 20.1. The summed E-state index contributed by atoms with van der Waals surface area (Å²) in [4.78, 5) is 1.40. The van der Waals surface area contributed by atoms with Crippen LogP contribution in [0.5, 0.6) is 0 Å². The van der Waals surface area contributed by atoms with E-state index in [0.717, 1.165) is 44.0 Å². The molecule has 0 saturated carbocycles. The van der Waals surface area contributed by atoms with Crippen LogP contribution in [-0.2, 0) is 10.3 Å². The van der Waals surface area contributed by atoms with Crippen molar-refractivity contribution in [2.24, 2.45) is 0 Å². The fourth-order valence-corrected chi connectivity index (χ4v) is 4.31. The molecule has 1 aliphatic rings. The van der Waals surface area contributed by atoms with Crippen LogP contribution in [0.4, 0.5) is 4.39 Å². The van der Waals surface area contributed by atoms with Gasteiger partial charge in [-0.25, -0.2) is 4.39 Å². The number of aliphatic hydroxyl groups is 1. The molecule has 0 unspecified atom stereocenters. The summed E-state index contributed by atoms with van der Waals surface area (Å²) in [5, 5.41) is 12.3. The smallest absolute Gasteiger partial charge is 0.127 e. The van der Waals surface area contributed by atoms with Crippen molar-refractivity contribution in [2.75, 3.05) is 32.8 Å². The molecule has 0 radical (unpaired) electrons. The third-order valence-corrected chi connectivity index (χ3v) is 5.90. The van der Waals surface area contributed by atoms with E-state index in [0.29, 0.717) is 5.56 Å². The number of nitrogens with one attached hydrogen (secondary N) is 1. The number of rotatable bonds is 6. The lowest BCUT2D eigenvalue weighted by atomic mass is 9.72. The molecule has 3 nitrogen and oxygen atoms in total. The van der Waals surface area contributed by atoms with Gasteiger partial charge in [-0.3, -0.25) is 0 Å². The van der Waals surface area contributed by atoms with Gasteiger partial charge < -0.3 is 14.7 Å². The van der Waals surface area contributed by atoms with Crippen LogP contribution in [0.25, 0.3) is 0 Å². The van der Waals surface area contributed by atoms with Crippen molar-refractivity contribution < 1.29 is 19.1 Å². The van der Waals surface area contributed by atoms with E-state index in [-0.39, 0.29) is 11.7 Å². The highest BCUT2D eigenvalue weighted by molar-refractivity contribution is 5.42. The van der Waals surface area contributed by atoms with Gasteiger partial charge in [0.1, 0.15) is 24.5 Å². The molecule has 1 saturated heterocycles. The largest absolute Gasteiger partial charge is 0.380 e. The monoisotopic (exact) mass is 392 g/mol. The third-order valence-electron chi connectivity index (χ3n) is 5.90. The second-order valence-corrected chi connectivity index (χ2v) is 7.67. The SMILES string of the molecule is O[C@@](c1ccccc1)(c1ccc(F)cc1)[C@@H](C[NH+]1CCOCC1)c1ccccc1. The maximum Gasteiger partial charge on any atom is 0.127 e. The number of hydrogen-bond acceptors (Lipinski definition) is 2. The van der Waals surface area contributed by atoms with Crippen molar-refractivity contribution in [1.29, 1.82) is 0 Å². The summed E-state index contributed by atoms with van der Waals surface area (Å²) in [6.45, 7) is 4.06. The van der Waals surface area contributed by atoms with E-state index in [1.54, 1.807) is 12.1 Å². The normalized spacial score (nSPS) is 18.1. The fraction of sp³-hybridized carbons (Fsp3) is 0.280. The summed E-state index contributed by atoms with van der Waals surface area (Å²) in [7, 11) is 0. The fourth-order valence-electron chi connectivity index (χ4n) is 4.31. The van der Waals surface area contributed by atoms with Crippen molar-refractivity contribution in [3.8, 4) is 0 Å². The molecule has 1 fully saturated rings. The number of morpholine rings is 1. The lowest BCUT2D eigenvalue weighted by Gasteiger charge is -2.39. The number of hydrogen-bond donors (Lipinski definition) is 2. The molecule has 1 aliphatic heterocycles. The Morgan fingerprint density at radius 1 is 0.828 bits per heavy atom. The van der Waals surface area contributed by atoms with Gasteiger partial charge in [-0.15, -0.1) is 0 Å². The van der Waals surface area contributed by atoms with E-state index in [1.165, 1.54) is 17.0 Å². The lowest BCUT2D eigenvalue weighted by molar-refractivity contribution is -0.910.